The minimum Gasteiger partial charge on any atom is -0.392 e. The molecule has 1 aliphatic heterocycles. The monoisotopic (exact) mass is 319 g/mol. The van der Waals surface area contributed by atoms with Gasteiger partial charge in [-0.05, 0) is 38.3 Å². The number of benzene rings is 1. The maximum atomic E-state index is 12.3. The maximum Gasteiger partial charge on any atom is 0.242 e. The number of hydrogen-bond acceptors (Lipinski definition) is 4. The van der Waals surface area contributed by atoms with E-state index in [4.69, 9.17) is 0 Å². The lowest BCUT2D eigenvalue weighted by Crippen LogP contribution is -2.49. The lowest BCUT2D eigenvalue weighted by Gasteiger charge is -2.26. The number of rotatable bonds is 6. The predicted octanol–water partition coefficient (Wildman–Crippen LogP) is 0.659. The molecule has 1 aliphatic rings. The van der Waals surface area contributed by atoms with Crippen LogP contribution in [0.15, 0.2) is 30.3 Å². The predicted molar refractivity (Wildman–Crippen MR) is 89.1 cm³/mol. The van der Waals surface area contributed by atoms with Gasteiger partial charge in [-0.2, -0.15) is 0 Å². The lowest BCUT2D eigenvalue weighted by molar-refractivity contribution is -0.128. The van der Waals surface area contributed by atoms with E-state index >= 15 is 0 Å². The second-order valence-corrected chi connectivity index (χ2v) is 5.97. The molecule has 2 amide bonds. The number of para-hydroxylation sites is 1. The number of aliphatic hydroxyl groups is 1. The van der Waals surface area contributed by atoms with Gasteiger partial charge in [0.25, 0.3) is 0 Å². The van der Waals surface area contributed by atoms with Crippen LogP contribution in [-0.2, 0) is 9.59 Å². The lowest BCUT2D eigenvalue weighted by atomic mass is 10.1. The number of anilines is 1. The molecular formula is C17H25N3O3. The van der Waals surface area contributed by atoms with Crippen molar-refractivity contribution in [1.29, 1.82) is 0 Å². The third kappa shape index (κ3) is 5.56. The normalized spacial score (nSPS) is 19.4. The molecule has 2 atom stereocenters. The van der Waals surface area contributed by atoms with Gasteiger partial charge in [0.1, 0.15) is 6.04 Å². The van der Waals surface area contributed by atoms with Crippen LogP contribution in [0.25, 0.3) is 0 Å². The van der Waals surface area contributed by atoms with Gasteiger partial charge in [0.05, 0.1) is 12.6 Å². The van der Waals surface area contributed by atoms with Gasteiger partial charge in [-0.15, -0.1) is 0 Å². The summed E-state index contributed by atoms with van der Waals surface area (Å²) in [5.41, 5.74) is 0.869. The average molecular weight is 319 g/mol. The number of nitrogens with one attached hydrogen (secondary N) is 2. The molecule has 6 nitrogen and oxygen atoms in total. The van der Waals surface area contributed by atoms with Crippen molar-refractivity contribution in [3.05, 3.63) is 30.3 Å². The number of amides is 2. The molecule has 0 unspecified atom stereocenters. The Morgan fingerprint density at radius 2 is 2.13 bits per heavy atom. The molecule has 0 saturated carbocycles. The van der Waals surface area contributed by atoms with E-state index in [1.54, 1.807) is 6.92 Å². The second kappa shape index (κ2) is 8.53. The van der Waals surface area contributed by atoms with E-state index in [9.17, 15) is 14.7 Å². The molecule has 0 spiro atoms. The highest BCUT2D eigenvalue weighted by atomic mass is 16.3. The van der Waals surface area contributed by atoms with Gasteiger partial charge >= 0.3 is 0 Å². The number of nitrogens with zero attached hydrogens (tertiary/aromatic N) is 1. The highest BCUT2D eigenvalue weighted by molar-refractivity contribution is 5.89. The molecule has 6 heteroatoms. The Hall–Kier alpha value is -2.08. The van der Waals surface area contributed by atoms with E-state index < -0.39 is 12.1 Å². The highest BCUT2D eigenvalue weighted by Crippen LogP contribution is 2.13. The SMILES string of the molecule is C[C@H](O)CN(CC(=O)N[C@H]1CCCCNC1=O)c1ccccc1. The summed E-state index contributed by atoms with van der Waals surface area (Å²) in [6.07, 6.45) is 1.97. The van der Waals surface area contributed by atoms with Gasteiger partial charge < -0.3 is 20.6 Å². The summed E-state index contributed by atoms with van der Waals surface area (Å²) in [6, 6.07) is 9.01. The van der Waals surface area contributed by atoms with Crippen LogP contribution >= 0.6 is 0 Å². The summed E-state index contributed by atoms with van der Waals surface area (Å²) >= 11 is 0. The first-order valence-electron chi connectivity index (χ1n) is 8.11. The summed E-state index contributed by atoms with van der Waals surface area (Å²) in [5, 5.41) is 15.3. The topological polar surface area (TPSA) is 81.7 Å². The minimum atomic E-state index is -0.552. The molecule has 1 heterocycles. The zero-order valence-corrected chi connectivity index (χ0v) is 13.5. The third-order valence-corrected chi connectivity index (χ3v) is 3.81. The van der Waals surface area contributed by atoms with E-state index in [-0.39, 0.29) is 18.4 Å². The molecule has 0 bridgehead atoms. The number of carbonyl (C=O) groups is 2. The van der Waals surface area contributed by atoms with Gasteiger partial charge in [-0.3, -0.25) is 9.59 Å². The Morgan fingerprint density at radius 3 is 2.83 bits per heavy atom. The van der Waals surface area contributed by atoms with Crippen molar-refractivity contribution in [2.45, 2.75) is 38.3 Å². The first kappa shape index (κ1) is 17.3. The van der Waals surface area contributed by atoms with Gasteiger partial charge in [-0.25, -0.2) is 0 Å². The van der Waals surface area contributed by atoms with E-state index in [1.165, 1.54) is 0 Å². The van der Waals surface area contributed by atoms with Crippen molar-refractivity contribution >= 4 is 17.5 Å². The van der Waals surface area contributed by atoms with E-state index in [0.717, 1.165) is 18.5 Å². The standard InChI is InChI=1S/C17H25N3O3/c1-13(21)11-20(14-7-3-2-4-8-14)12-16(22)19-15-9-5-6-10-18-17(15)23/h2-4,7-8,13,15,21H,5-6,9-12H2,1H3,(H,18,23)(H,19,22)/t13-,15-/m0/s1. The molecule has 2 rings (SSSR count). The Bertz CT molecular complexity index is 519. The quantitative estimate of drug-likeness (QED) is 0.719. The Kier molecular flexibility index (Phi) is 6.40. The zero-order chi connectivity index (χ0) is 16.7. The summed E-state index contributed by atoms with van der Waals surface area (Å²) in [4.78, 5) is 26.0. The van der Waals surface area contributed by atoms with Crippen LogP contribution < -0.4 is 15.5 Å². The number of carbonyl (C=O) groups excluding carboxylic acids is 2. The van der Waals surface area contributed by atoms with E-state index in [2.05, 4.69) is 10.6 Å². The Labute approximate surface area is 136 Å². The molecule has 0 aliphatic carbocycles. The molecule has 1 aromatic rings. The Balaban J connectivity index is 1.98. The molecule has 126 valence electrons. The van der Waals surface area contributed by atoms with Gasteiger partial charge in [0.2, 0.25) is 11.8 Å². The molecule has 23 heavy (non-hydrogen) atoms. The van der Waals surface area contributed by atoms with Crippen LogP contribution in [0.2, 0.25) is 0 Å². The van der Waals surface area contributed by atoms with Gasteiger partial charge in [-0.1, -0.05) is 18.2 Å². The summed E-state index contributed by atoms with van der Waals surface area (Å²) in [7, 11) is 0. The molecular weight excluding hydrogens is 294 g/mol. The van der Waals surface area contributed by atoms with E-state index in [1.807, 2.05) is 35.2 Å². The molecule has 0 radical (unpaired) electrons. The Morgan fingerprint density at radius 1 is 1.39 bits per heavy atom. The van der Waals surface area contributed by atoms with Crippen molar-refractivity contribution in [1.82, 2.24) is 10.6 Å². The first-order chi connectivity index (χ1) is 11.1. The fraction of sp³-hybridized carbons (Fsp3) is 0.529. The summed E-state index contributed by atoms with van der Waals surface area (Å²) < 4.78 is 0. The minimum absolute atomic E-state index is 0.110. The van der Waals surface area contributed by atoms with Gasteiger partial charge in [0, 0.05) is 18.8 Å². The fourth-order valence-corrected chi connectivity index (χ4v) is 2.71. The van der Waals surface area contributed by atoms with Crippen molar-refractivity contribution in [2.24, 2.45) is 0 Å². The molecule has 1 saturated heterocycles. The summed E-state index contributed by atoms with van der Waals surface area (Å²) in [5.74, 6) is -0.325. The summed E-state index contributed by atoms with van der Waals surface area (Å²) in [6.45, 7) is 2.82. The van der Waals surface area contributed by atoms with Crippen LogP contribution in [0.5, 0.6) is 0 Å². The van der Waals surface area contributed by atoms with E-state index in [0.29, 0.717) is 19.5 Å². The van der Waals surface area contributed by atoms with Crippen molar-refractivity contribution in [3.8, 4) is 0 Å². The van der Waals surface area contributed by atoms with Crippen LogP contribution in [0, 0.1) is 0 Å². The van der Waals surface area contributed by atoms with Crippen LogP contribution in [0.4, 0.5) is 5.69 Å². The van der Waals surface area contributed by atoms with Crippen LogP contribution in [-0.4, -0.2) is 48.7 Å². The first-order valence-corrected chi connectivity index (χ1v) is 8.11. The molecule has 1 fully saturated rings. The zero-order valence-electron chi connectivity index (χ0n) is 13.5. The largest absolute Gasteiger partial charge is 0.392 e. The van der Waals surface area contributed by atoms with Crippen LogP contribution in [0.3, 0.4) is 0 Å². The number of hydrogen-bond donors (Lipinski definition) is 3. The third-order valence-electron chi connectivity index (χ3n) is 3.81. The van der Waals surface area contributed by atoms with Crippen molar-refractivity contribution in [2.75, 3.05) is 24.5 Å². The van der Waals surface area contributed by atoms with Crippen molar-refractivity contribution < 1.29 is 14.7 Å². The highest BCUT2D eigenvalue weighted by Gasteiger charge is 2.23. The van der Waals surface area contributed by atoms with Crippen LogP contribution in [0.1, 0.15) is 26.2 Å². The van der Waals surface area contributed by atoms with Crippen molar-refractivity contribution in [3.63, 3.8) is 0 Å². The fourth-order valence-electron chi connectivity index (χ4n) is 2.71. The molecule has 1 aromatic carbocycles. The second-order valence-electron chi connectivity index (χ2n) is 5.97. The molecule has 0 aromatic heterocycles. The number of aliphatic hydroxyl groups excluding tert-OH is 1. The van der Waals surface area contributed by atoms with Gasteiger partial charge in [0.15, 0.2) is 0 Å². The maximum absolute atomic E-state index is 12.3. The smallest absolute Gasteiger partial charge is 0.242 e. The molecule has 3 N–H and O–H groups in total. The average Bonchev–Trinajstić information content (AvgIpc) is 2.72.